The minimum atomic E-state index is -0.394. The van der Waals surface area contributed by atoms with Gasteiger partial charge in [0.25, 0.3) is 0 Å². The SMILES string of the molecule is CC(C)CN(Cc1cccnc1)C(=O)C(c1ccc2c(c1)OCO2)N(C)C. The third kappa shape index (κ3) is 4.57. The van der Waals surface area contributed by atoms with Gasteiger partial charge in [-0.05, 0) is 49.3 Å². The normalized spacial score (nSPS) is 13.9. The zero-order chi connectivity index (χ0) is 19.4. The molecule has 1 unspecified atom stereocenters. The van der Waals surface area contributed by atoms with Gasteiger partial charge in [0, 0.05) is 25.5 Å². The van der Waals surface area contributed by atoms with Gasteiger partial charge < -0.3 is 14.4 Å². The molecule has 2 aromatic rings. The van der Waals surface area contributed by atoms with Crippen LogP contribution in [-0.4, -0.2) is 48.1 Å². The number of likely N-dealkylation sites (N-methyl/N-ethyl adjacent to an activating group) is 1. The summed E-state index contributed by atoms with van der Waals surface area (Å²) in [5.41, 5.74) is 1.92. The molecule has 1 atom stereocenters. The molecule has 0 bridgehead atoms. The molecule has 6 heteroatoms. The summed E-state index contributed by atoms with van der Waals surface area (Å²) in [6.45, 7) is 5.69. The lowest BCUT2D eigenvalue weighted by atomic mass is 10.0. The highest BCUT2D eigenvalue weighted by atomic mass is 16.7. The Labute approximate surface area is 160 Å². The van der Waals surface area contributed by atoms with Crippen molar-refractivity contribution in [3.8, 4) is 11.5 Å². The monoisotopic (exact) mass is 369 g/mol. The van der Waals surface area contributed by atoms with Gasteiger partial charge in [-0.25, -0.2) is 0 Å². The van der Waals surface area contributed by atoms with Crippen LogP contribution in [0.4, 0.5) is 0 Å². The van der Waals surface area contributed by atoms with E-state index in [2.05, 4.69) is 18.8 Å². The van der Waals surface area contributed by atoms with Gasteiger partial charge >= 0.3 is 0 Å². The van der Waals surface area contributed by atoms with E-state index >= 15 is 0 Å². The van der Waals surface area contributed by atoms with Gasteiger partial charge in [0.2, 0.25) is 12.7 Å². The zero-order valence-corrected chi connectivity index (χ0v) is 16.4. The molecule has 2 heterocycles. The molecule has 144 valence electrons. The highest BCUT2D eigenvalue weighted by Crippen LogP contribution is 2.35. The lowest BCUT2D eigenvalue weighted by molar-refractivity contribution is -0.137. The predicted molar refractivity (Wildman–Crippen MR) is 103 cm³/mol. The van der Waals surface area contributed by atoms with Gasteiger partial charge in [-0.2, -0.15) is 0 Å². The van der Waals surface area contributed by atoms with Crippen LogP contribution >= 0.6 is 0 Å². The summed E-state index contributed by atoms with van der Waals surface area (Å²) < 4.78 is 10.9. The number of benzene rings is 1. The summed E-state index contributed by atoms with van der Waals surface area (Å²) in [6.07, 6.45) is 3.55. The van der Waals surface area contributed by atoms with Crippen molar-refractivity contribution in [2.24, 2.45) is 5.92 Å². The number of amides is 1. The van der Waals surface area contributed by atoms with Gasteiger partial charge in [-0.3, -0.25) is 14.7 Å². The van der Waals surface area contributed by atoms with Crippen LogP contribution in [0.25, 0.3) is 0 Å². The number of carbonyl (C=O) groups is 1. The molecule has 0 saturated heterocycles. The van der Waals surface area contributed by atoms with Crippen LogP contribution in [0.3, 0.4) is 0 Å². The first-order chi connectivity index (χ1) is 13.0. The average Bonchev–Trinajstić information content (AvgIpc) is 3.09. The van der Waals surface area contributed by atoms with Gasteiger partial charge in [0.1, 0.15) is 6.04 Å². The highest BCUT2D eigenvalue weighted by Gasteiger charge is 2.30. The Kier molecular flexibility index (Phi) is 5.96. The third-order valence-corrected chi connectivity index (χ3v) is 4.46. The molecule has 1 aliphatic rings. The molecule has 0 N–H and O–H groups in total. The number of hydrogen-bond donors (Lipinski definition) is 0. The molecular formula is C21H27N3O3. The van der Waals surface area contributed by atoms with Gasteiger partial charge in [-0.15, -0.1) is 0 Å². The molecule has 3 rings (SSSR count). The van der Waals surface area contributed by atoms with Crippen molar-refractivity contribution in [2.75, 3.05) is 27.4 Å². The van der Waals surface area contributed by atoms with Gasteiger partial charge in [0.05, 0.1) is 0 Å². The largest absolute Gasteiger partial charge is 0.454 e. The van der Waals surface area contributed by atoms with Crippen LogP contribution in [0.5, 0.6) is 11.5 Å². The van der Waals surface area contributed by atoms with Crippen LogP contribution in [0.15, 0.2) is 42.7 Å². The van der Waals surface area contributed by atoms with Crippen molar-refractivity contribution in [1.29, 1.82) is 0 Å². The van der Waals surface area contributed by atoms with E-state index < -0.39 is 6.04 Å². The molecule has 0 saturated carbocycles. The van der Waals surface area contributed by atoms with E-state index in [9.17, 15) is 4.79 Å². The van der Waals surface area contributed by atoms with E-state index in [0.29, 0.717) is 24.8 Å². The molecule has 0 spiro atoms. The first-order valence-corrected chi connectivity index (χ1v) is 9.19. The van der Waals surface area contributed by atoms with Crippen LogP contribution < -0.4 is 9.47 Å². The summed E-state index contributed by atoms with van der Waals surface area (Å²) in [7, 11) is 3.84. The number of fused-ring (bicyclic) bond motifs is 1. The first kappa shape index (κ1) is 19.2. The molecular weight excluding hydrogens is 342 g/mol. The quantitative estimate of drug-likeness (QED) is 0.751. The summed E-state index contributed by atoms with van der Waals surface area (Å²) >= 11 is 0. The second-order valence-electron chi connectivity index (χ2n) is 7.45. The minimum absolute atomic E-state index is 0.0661. The highest BCUT2D eigenvalue weighted by molar-refractivity contribution is 5.83. The Hall–Kier alpha value is -2.60. The second-order valence-corrected chi connectivity index (χ2v) is 7.45. The Balaban J connectivity index is 1.88. The molecule has 0 fully saturated rings. The van der Waals surface area contributed by atoms with Crippen molar-refractivity contribution in [2.45, 2.75) is 26.4 Å². The summed E-state index contributed by atoms with van der Waals surface area (Å²) in [4.78, 5) is 21.5. The molecule has 27 heavy (non-hydrogen) atoms. The van der Waals surface area contributed by atoms with E-state index in [1.807, 2.05) is 60.4 Å². The van der Waals surface area contributed by atoms with E-state index in [1.165, 1.54) is 0 Å². The van der Waals surface area contributed by atoms with E-state index in [4.69, 9.17) is 9.47 Å². The number of ether oxygens (including phenoxy) is 2. The number of rotatable bonds is 7. The summed E-state index contributed by atoms with van der Waals surface area (Å²) in [5, 5.41) is 0. The average molecular weight is 369 g/mol. The van der Waals surface area contributed by atoms with Crippen molar-refractivity contribution in [1.82, 2.24) is 14.8 Å². The van der Waals surface area contributed by atoms with Gasteiger partial charge in [-0.1, -0.05) is 26.0 Å². The maximum Gasteiger partial charge on any atom is 0.244 e. The maximum absolute atomic E-state index is 13.5. The molecule has 0 radical (unpaired) electrons. The Bertz CT molecular complexity index is 777. The number of pyridine rings is 1. The van der Waals surface area contributed by atoms with E-state index in [0.717, 1.165) is 16.9 Å². The Morgan fingerprint density at radius 3 is 2.63 bits per heavy atom. The Morgan fingerprint density at radius 1 is 1.19 bits per heavy atom. The standard InChI is InChI=1S/C21H27N3O3/c1-15(2)12-24(13-16-6-5-9-22-11-16)21(25)20(23(3)4)17-7-8-18-19(10-17)27-14-26-18/h5-11,15,20H,12-14H2,1-4H3. The maximum atomic E-state index is 13.5. The number of aromatic nitrogens is 1. The van der Waals surface area contributed by atoms with E-state index in [1.54, 1.807) is 6.20 Å². The first-order valence-electron chi connectivity index (χ1n) is 9.19. The zero-order valence-electron chi connectivity index (χ0n) is 16.4. The number of nitrogens with zero attached hydrogens (tertiary/aromatic N) is 3. The lowest BCUT2D eigenvalue weighted by Crippen LogP contribution is -2.41. The third-order valence-electron chi connectivity index (χ3n) is 4.46. The Morgan fingerprint density at radius 2 is 1.96 bits per heavy atom. The van der Waals surface area contributed by atoms with Crippen molar-refractivity contribution < 1.29 is 14.3 Å². The second kappa shape index (κ2) is 8.39. The number of carbonyl (C=O) groups excluding carboxylic acids is 1. The smallest absolute Gasteiger partial charge is 0.244 e. The van der Waals surface area contributed by atoms with Crippen LogP contribution in [0.2, 0.25) is 0 Å². The fourth-order valence-electron chi connectivity index (χ4n) is 3.30. The summed E-state index contributed by atoms with van der Waals surface area (Å²) in [6, 6.07) is 9.22. The van der Waals surface area contributed by atoms with Crippen LogP contribution in [0, 0.1) is 5.92 Å². The minimum Gasteiger partial charge on any atom is -0.454 e. The fraction of sp³-hybridized carbons (Fsp3) is 0.429. The van der Waals surface area contributed by atoms with Gasteiger partial charge in [0.15, 0.2) is 11.5 Å². The molecule has 1 aliphatic heterocycles. The van der Waals surface area contributed by atoms with Crippen LogP contribution in [-0.2, 0) is 11.3 Å². The molecule has 1 amide bonds. The summed E-state index contributed by atoms with van der Waals surface area (Å²) in [5.74, 6) is 1.84. The van der Waals surface area contributed by atoms with Crippen molar-refractivity contribution in [3.63, 3.8) is 0 Å². The topological polar surface area (TPSA) is 54.9 Å². The molecule has 1 aromatic carbocycles. The van der Waals surface area contributed by atoms with Crippen LogP contribution in [0.1, 0.15) is 31.0 Å². The van der Waals surface area contributed by atoms with Crippen molar-refractivity contribution in [3.05, 3.63) is 53.9 Å². The fourth-order valence-corrected chi connectivity index (χ4v) is 3.30. The van der Waals surface area contributed by atoms with E-state index in [-0.39, 0.29) is 12.7 Å². The lowest BCUT2D eigenvalue weighted by Gasteiger charge is -2.32. The van der Waals surface area contributed by atoms with Crippen molar-refractivity contribution >= 4 is 5.91 Å². The molecule has 0 aliphatic carbocycles. The molecule has 1 aromatic heterocycles. The predicted octanol–water partition coefficient (Wildman–Crippen LogP) is 3.10. The number of hydrogen-bond acceptors (Lipinski definition) is 5. The molecule has 6 nitrogen and oxygen atoms in total.